The molecule has 4 nitrogen and oxygen atoms in total. The van der Waals surface area contributed by atoms with Gasteiger partial charge in [-0.25, -0.2) is 0 Å². The van der Waals surface area contributed by atoms with E-state index >= 15 is 0 Å². The first-order valence-corrected chi connectivity index (χ1v) is 4.85. The molecule has 0 saturated carbocycles. The second-order valence-corrected chi connectivity index (χ2v) is 4.10. The van der Waals surface area contributed by atoms with E-state index in [4.69, 9.17) is 10.0 Å². The molecule has 0 spiro atoms. The quantitative estimate of drug-likeness (QED) is 0.567. The van der Waals surface area contributed by atoms with Crippen molar-refractivity contribution in [3.63, 3.8) is 0 Å². The minimum Gasteiger partial charge on any atom is -0.421 e. The first kappa shape index (κ1) is 12.6. The fourth-order valence-corrected chi connectivity index (χ4v) is 1.44. The van der Waals surface area contributed by atoms with Crippen LogP contribution in [0.4, 0.5) is 0 Å². The van der Waals surface area contributed by atoms with Gasteiger partial charge in [0.25, 0.3) is 0 Å². The predicted octanol–water partition coefficient (Wildman–Crippen LogP) is 0.358. The van der Waals surface area contributed by atoms with Gasteiger partial charge in [-0.05, 0) is 19.4 Å². The average Bonchev–Trinajstić information content (AvgIpc) is 2.28. The van der Waals surface area contributed by atoms with Crippen LogP contribution in [0.5, 0.6) is 0 Å². The van der Waals surface area contributed by atoms with Gasteiger partial charge in [-0.1, -0.05) is 24.3 Å². The Bertz CT molecular complexity index is 395. The molecule has 84 valence electrons. The Morgan fingerprint density at radius 3 is 2.12 bits per heavy atom. The predicted molar refractivity (Wildman–Crippen MR) is 60.1 cm³/mol. The maximum absolute atomic E-state index is 11.5. The summed E-state index contributed by atoms with van der Waals surface area (Å²) in [5.74, 6) is 0. The topological polar surface area (TPSA) is 74.6 Å². The largest absolute Gasteiger partial charge is 0.527 e. The smallest absolute Gasteiger partial charge is 0.421 e. The standard InChI is InChI=1S/C11H13BO4/c1-11(2,10(14)12(15)16)9-5-3-8(7-13)4-6-9/h3-7,15-16H,1-2H3. The van der Waals surface area contributed by atoms with Gasteiger partial charge < -0.3 is 14.8 Å². The third kappa shape index (κ3) is 2.37. The molecule has 2 N–H and O–H groups in total. The zero-order chi connectivity index (χ0) is 12.3. The highest BCUT2D eigenvalue weighted by molar-refractivity contribution is 6.80. The maximum atomic E-state index is 11.5. The number of rotatable bonds is 4. The minimum atomic E-state index is -1.99. The molecule has 0 heterocycles. The summed E-state index contributed by atoms with van der Waals surface area (Å²) in [7, 11) is -1.99. The fourth-order valence-electron chi connectivity index (χ4n) is 1.44. The molecule has 0 amide bonds. The summed E-state index contributed by atoms with van der Waals surface area (Å²) in [6, 6.07) is 6.43. The van der Waals surface area contributed by atoms with Crippen LogP contribution in [0, 0.1) is 0 Å². The molecule has 5 heteroatoms. The van der Waals surface area contributed by atoms with E-state index in [-0.39, 0.29) is 0 Å². The molecule has 1 aromatic rings. The van der Waals surface area contributed by atoms with Crippen molar-refractivity contribution in [1.82, 2.24) is 0 Å². The molecule has 0 aliphatic rings. The van der Waals surface area contributed by atoms with Crippen molar-refractivity contribution < 1.29 is 19.6 Å². The molecule has 0 aliphatic carbocycles. The van der Waals surface area contributed by atoms with Crippen molar-refractivity contribution in [1.29, 1.82) is 0 Å². The lowest BCUT2D eigenvalue weighted by molar-refractivity contribution is -0.118. The van der Waals surface area contributed by atoms with E-state index in [1.54, 1.807) is 38.1 Å². The molecule has 1 aromatic carbocycles. The van der Waals surface area contributed by atoms with Gasteiger partial charge in [-0.3, -0.25) is 4.79 Å². The lowest BCUT2D eigenvalue weighted by Gasteiger charge is -2.23. The molecule has 0 radical (unpaired) electrons. The average molecular weight is 220 g/mol. The first-order valence-electron chi connectivity index (χ1n) is 4.85. The summed E-state index contributed by atoms with van der Waals surface area (Å²) in [6.45, 7) is 3.20. The van der Waals surface area contributed by atoms with Gasteiger partial charge in [0.1, 0.15) is 6.29 Å². The van der Waals surface area contributed by atoms with E-state index in [1.807, 2.05) is 0 Å². The summed E-state index contributed by atoms with van der Waals surface area (Å²) in [5.41, 5.74) is -0.519. The summed E-state index contributed by atoms with van der Waals surface area (Å²) >= 11 is 0. The van der Waals surface area contributed by atoms with Crippen molar-refractivity contribution >= 4 is 19.1 Å². The number of aldehydes is 1. The minimum absolute atomic E-state index is 0.511. The highest BCUT2D eigenvalue weighted by Crippen LogP contribution is 2.24. The van der Waals surface area contributed by atoms with E-state index < -0.39 is 18.2 Å². The van der Waals surface area contributed by atoms with Crippen molar-refractivity contribution in [2.45, 2.75) is 19.3 Å². The van der Waals surface area contributed by atoms with E-state index in [0.717, 1.165) is 0 Å². The van der Waals surface area contributed by atoms with Crippen LogP contribution in [-0.2, 0) is 10.2 Å². The summed E-state index contributed by atoms with van der Waals surface area (Å²) in [6.07, 6.45) is 0.708. The summed E-state index contributed by atoms with van der Waals surface area (Å²) in [5, 5.41) is 17.7. The van der Waals surface area contributed by atoms with Gasteiger partial charge in [0, 0.05) is 11.0 Å². The second kappa shape index (κ2) is 4.59. The molecular weight excluding hydrogens is 207 g/mol. The van der Waals surface area contributed by atoms with Gasteiger partial charge in [0.05, 0.1) is 0 Å². The van der Waals surface area contributed by atoms with Crippen molar-refractivity contribution in [2.75, 3.05) is 0 Å². The lowest BCUT2D eigenvalue weighted by atomic mass is 9.65. The SMILES string of the molecule is CC(C)(C(=O)B(O)O)c1ccc(C=O)cc1. The molecule has 0 unspecified atom stereocenters. The van der Waals surface area contributed by atoms with Crippen LogP contribution in [0.25, 0.3) is 0 Å². The molecule has 0 atom stereocenters. The van der Waals surface area contributed by atoms with Crippen LogP contribution in [0.1, 0.15) is 29.8 Å². The van der Waals surface area contributed by atoms with Gasteiger partial charge in [-0.2, -0.15) is 0 Å². The fraction of sp³-hybridized carbons (Fsp3) is 0.273. The highest BCUT2D eigenvalue weighted by Gasteiger charge is 2.37. The number of carbonyl (C=O) groups is 2. The van der Waals surface area contributed by atoms with E-state index in [1.165, 1.54) is 0 Å². The third-order valence-electron chi connectivity index (χ3n) is 2.62. The van der Waals surface area contributed by atoms with Gasteiger partial charge in [0.15, 0.2) is 5.68 Å². The lowest BCUT2D eigenvalue weighted by Crippen LogP contribution is -2.41. The summed E-state index contributed by atoms with van der Waals surface area (Å²) in [4.78, 5) is 22.0. The number of carbonyl (C=O) groups excluding carboxylic acids is 2. The van der Waals surface area contributed by atoms with Crippen LogP contribution < -0.4 is 0 Å². The third-order valence-corrected chi connectivity index (χ3v) is 2.62. The normalized spacial score (nSPS) is 11.0. The molecule has 0 aliphatic heterocycles. The van der Waals surface area contributed by atoms with E-state index in [0.29, 0.717) is 17.4 Å². The zero-order valence-electron chi connectivity index (χ0n) is 9.18. The number of benzene rings is 1. The Morgan fingerprint density at radius 2 is 1.75 bits per heavy atom. The Kier molecular flexibility index (Phi) is 3.62. The van der Waals surface area contributed by atoms with Crippen molar-refractivity contribution in [3.05, 3.63) is 35.4 Å². The van der Waals surface area contributed by atoms with Crippen molar-refractivity contribution in [3.8, 4) is 0 Å². The van der Waals surface area contributed by atoms with Crippen LogP contribution >= 0.6 is 0 Å². The Labute approximate surface area is 94.1 Å². The second-order valence-electron chi connectivity index (χ2n) is 4.10. The Morgan fingerprint density at radius 1 is 1.25 bits per heavy atom. The maximum Gasteiger partial charge on any atom is 0.527 e. The molecule has 0 fully saturated rings. The van der Waals surface area contributed by atoms with Gasteiger partial charge in [-0.15, -0.1) is 0 Å². The summed E-state index contributed by atoms with van der Waals surface area (Å²) < 4.78 is 0. The van der Waals surface area contributed by atoms with Crippen LogP contribution in [0.15, 0.2) is 24.3 Å². The number of hydrogen-bond donors (Lipinski definition) is 2. The van der Waals surface area contributed by atoms with E-state index in [2.05, 4.69) is 0 Å². The molecular formula is C11H13BO4. The van der Waals surface area contributed by atoms with Crippen LogP contribution in [0.3, 0.4) is 0 Å². The Balaban J connectivity index is 3.06. The molecule has 0 saturated heterocycles. The van der Waals surface area contributed by atoms with Crippen molar-refractivity contribution in [2.24, 2.45) is 0 Å². The van der Waals surface area contributed by atoms with Crippen LogP contribution in [0.2, 0.25) is 0 Å². The van der Waals surface area contributed by atoms with Crippen LogP contribution in [-0.4, -0.2) is 29.1 Å². The van der Waals surface area contributed by atoms with Gasteiger partial charge in [0.2, 0.25) is 0 Å². The monoisotopic (exact) mass is 220 g/mol. The van der Waals surface area contributed by atoms with E-state index in [9.17, 15) is 9.59 Å². The molecule has 16 heavy (non-hydrogen) atoms. The van der Waals surface area contributed by atoms with Gasteiger partial charge >= 0.3 is 7.12 Å². The molecule has 0 bridgehead atoms. The Hall–Kier alpha value is -1.46. The number of hydrogen-bond acceptors (Lipinski definition) is 4. The highest BCUT2D eigenvalue weighted by atomic mass is 16.4. The first-order chi connectivity index (χ1) is 7.39. The molecule has 0 aromatic heterocycles. The zero-order valence-corrected chi connectivity index (χ0v) is 9.18. The molecule has 1 rings (SSSR count).